The summed E-state index contributed by atoms with van der Waals surface area (Å²) in [6.07, 6.45) is 2.51. The first-order valence-electron chi connectivity index (χ1n) is 5.89. The standard InChI is InChI=1S/C11H15NO5S2/c1-16-11(13)10-9(5-8-18-10)19(14,15)12-6-3-2-4-7-17-12/h5,8H,2-4,6-7H2,1H3. The molecule has 6 nitrogen and oxygen atoms in total. The molecule has 19 heavy (non-hydrogen) atoms. The lowest BCUT2D eigenvalue weighted by molar-refractivity contribution is -0.0748. The number of nitrogens with zero attached hydrogens (tertiary/aromatic N) is 1. The van der Waals surface area contributed by atoms with E-state index < -0.39 is 16.0 Å². The summed E-state index contributed by atoms with van der Waals surface area (Å²) in [6.45, 7) is 0.676. The molecular formula is C11H15NO5S2. The number of sulfonamides is 1. The van der Waals surface area contributed by atoms with E-state index in [-0.39, 0.29) is 9.77 Å². The van der Waals surface area contributed by atoms with E-state index in [1.807, 2.05) is 0 Å². The molecule has 1 aromatic rings. The van der Waals surface area contributed by atoms with Crippen molar-refractivity contribution < 1.29 is 22.8 Å². The zero-order valence-corrected chi connectivity index (χ0v) is 12.1. The summed E-state index contributed by atoms with van der Waals surface area (Å²) in [6, 6.07) is 1.40. The molecule has 0 unspecified atom stereocenters. The van der Waals surface area contributed by atoms with Crippen LogP contribution < -0.4 is 0 Å². The van der Waals surface area contributed by atoms with Crippen LogP contribution in [0.25, 0.3) is 0 Å². The Kier molecular flexibility index (Phi) is 4.56. The van der Waals surface area contributed by atoms with Crippen molar-refractivity contribution in [1.29, 1.82) is 0 Å². The third-order valence-electron chi connectivity index (χ3n) is 2.77. The fraction of sp³-hybridized carbons (Fsp3) is 0.545. The minimum absolute atomic E-state index is 0.0498. The van der Waals surface area contributed by atoms with Gasteiger partial charge in [0.25, 0.3) is 10.0 Å². The minimum Gasteiger partial charge on any atom is -0.465 e. The first kappa shape index (κ1) is 14.4. The average Bonchev–Trinajstić information content (AvgIpc) is 2.73. The summed E-state index contributed by atoms with van der Waals surface area (Å²) in [4.78, 5) is 16.8. The van der Waals surface area contributed by atoms with Crippen LogP contribution in [0.2, 0.25) is 0 Å². The first-order valence-corrected chi connectivity index (χ1v) is 8.21. The molecule has 0 N–H and O–H groups in total. The second kappa shape index (κ2) is 6.00. The Morgan fingerprint density at radius 2 is 2.21 bits per heavy atom. The number of hydroxylamine groups is 1. The number of methoxy groups -OCH3 is 1. The Balaban J connectivity index is 2.33. The van der Waals surface area contributed by atoms with E-state index in [9.17, 15) is 13.2 Å². The third-order valence-corrected chi connectivity index (χ3v) is 5.51. The van der Waals surface area contributed by atoms with Crippen LogP contribution >= 0.6 is 11.3 Å². The number of ether oxygens (including phenoxy) is 1. The summed E-state index contributed by atoms with van der Waals surface area (Å²) in [5.41, 5.74) is 0. The maximum atomic E-state index is 12.4. The number of rotatable bonds is 3. The molecule has 0 spiro atoms. The molecule has 2 heterocycles. The molecule has 0 aromatic carbocycles. The number of hydrogen-bond donors (Lipinski definition) is 0. The predicted molar refractivity (Wildman–Crippen MR) is 69.4 cm³/mol. The molecular weight excluding hydrogens is 290 g/mol. The van der Waals surface area contributed by atoms with Gasteiger partial charge in [-0.15, -0.1) is 11.3 Å². The normalized spacial score (nSPS) is 17.9. The van der Waals surface area contributed by atoms with E-state index in [2.05, 4.69) is 4.74 Å². The molecule has 1 fully saturated rings. The summed E-state index contributed by atoms with van der Waals surface area (Å²) in [5.74, 6) is -0.650. The molecule has 0 bridgehead atoms. The van der Waals surface area contributed by atoms with Gasteiger partial charge in [0, 0.05) is 6.54 Å². The van der Waals surface area contributed by atoms with Gasteiger partial charge in [0.05, 0.1) is 13.7 Å². The van der Waals surface area contributed by atoms with E-state index in [1.54, 1.807) is 5.38 Å². The Bertz CT molecular complexity index is 543. The fourth-order valence-corrected chi connectivity index (χ4v) is 4.40. The molecule has 0 atom stereocenters. The lowest BCUT2D eigenvalue weighted by atomic mass is 10.2. The predicted octanol–water partition coefficient (Wildman–Crippen LogP) is 1.64. The van der Waals surface area contributed by atoms with Crippen LogP contribution in [0.4, 0.5) is 0 Å². The second-order valence-electron chi connectivity index (χ2n) is 4.03. The van der Waals surface area contributed by atoms with Crippen LogP contribution in [0.3, 0.4) is 0 Å². The molecule has 2 rings (SSSR count). The van der Waals surface area contributed by atoms with Gasteiger partial charge in [-0.2, -0.15) is 0 Å². The molecule has 8 heteroatoms. The monoisotopic (exact) mass is 305 g/mol. The lowest BCUT2D eigenvalue weighted by Crippen LogP contribution is -2.32. The Hall–Kier alpha value is -0.960. The smallest absolute Gasteiger partial charge is 0.349 e. The van der Waals surface area contributed by atoms with E-state index in [0.717, 1.165) is 35.1 Å². The van der Waals surface area contributed by atoms with Crippen molar-refractivity contribution in [2.45, 2.75) is 24.2 Å². The highest BCUT2D eigenvalue weighted by molar-refractivity contribution is 7.89. The van der Waals surface area contributed by atoms with Crippen LogP contribution in [0.5, 0.6) is 0 Å². The maximum Gasteiger partial charge on any atom is 0.349 e. The van der Waals surface area contributed by atoms with Gasteiger partial charge in [-0.1, -0.05) is 4.47 Å². The van der Waals surface area contributed by atoms with Gasteiger partial charge < -0.3 is 4.74 Å². The van der Waals surface area contributed by atoms with E-state index in [4.69, 9.17) is 4.84 Å². The van der Waals surface area contributed by atoms with Crippen molar-refractivity contribution in [3.05, 3.63) is 16.3 Å². The van der Waals surface area contributed by atoms with E-state index in [0.29, 0.717) is 13.2 Å². The van der Waals surface area contributed by atoms with Gasteiger partial charge in [-0.05, 0) is 30.7 Å². The van der Waals surface area contributed by atoms with Crippen molar-refractivity contribution in [2.75, 3.05) is 20.3 Å². The Morgan fingerprint density at radius 3 is 2.95 bits per heavy atom. The molecule has 1 aromatic heterocycles. The number of carbonyl (C=O) groups excluding carboxylic acids is 1. The first-order chi connectivity index (χ1) is 9.07. The lowest BCUT2D eigenvalue weighted by Gasteiger charge is -2.18. The minimum atomic E-state index is -3.81. The van der Waals surface area contributed by atoms with E-state index >= 15 is 0 Å². The summed E-state index contributed by atoms with van der Waals surface area (Å²) >= 11 is 1.04. The second-order valence-corrected chi connectivity index (χ2v) is 6.74. The molecule has 1 aliphatic heterocycles. The molecule has 0 aliphatic carbocycles. The number of esters is 1. The highest BCUT2D eigenvalue weighted by Gasteiger charge is 2.31. The summed E-state index contributed by atoms with van der Waals surface area (Å²) in [5, 5.41) is 1.55. The molecule has 1 aliphatic rings. The van der Waals surface area contributed by atoms with Crippen LogP contribution in [0.1, 0.15) is 28.9 Å². The Morgan fingerprint density at radius 1 is 1.42 bits per heavy atom. The van der Waals surface area contributed by atoms with Gasteiger partial charge in [0.1, 0.15) is 9.77 Å². The van der Waals surface area contributed by atoms with Crippen molar-refractivity contribution in [3.63, 3.8) is 0 Å². The summed E-state index contributed by atoms with van der Waals surface area (Å²) < 4.78 is 30.5. The number of carbonyl (C=O) groups is 1. The van der Waals surface area contributed by atoms with Gasteiger partial charge in [-0.25, -0.2) is 13.2 Å². The average molecular weight is 305 g/mol. The molecule has 0 radical (unpaired) electrons. The third kappa shape index (κ3) is 2.97. The maximum absolute atomic E-state index is 12.4. The summed E-state index contributed by atoms with van der Waals surface area (Å²) in [7, 11) is -2.58. The van der Waals surface area contributed by atoms with Crippen molar-refractivity contribution in [3.8, 4) is 0 Å². The quantitative estimate of drug-likeness (QED) is 0.794. The van der Waals surface area contributed by atoms with Gasteiger partial charge in [0.15, 0.2) is 0 Å². The van der Waals surface area contributed by atoms with Gasteiger partial charge in [-0.3, -0.25) is 4.84 Å². The number of thiophene rings is 1. The molecule has 1 saturated heterocycles. The van der Waals surface area contributed by atoms with Gasteiger partial charge in [0.2, 0.25) is 0 Å². The van der Waals surface area contributed by atoms with Crippen LogP contribution in [0, 0.1) is 0 Å². The Labute approximate surface area is 115 Å². The van der Waals surface area contributed by atoms with E-state index in [1.165, 1.54) is 13.2 Å². The fourth-order valence-electron chi connectivity index (χ4n) is 1.79. The van der Waals surface area contributed by atoms with Gasteiger partial charge >= 0.3 is 5.97 Å². The zero-order valence-electron chi connectivity index (χ0n) is 10.5. The van der Waals surface area contributed by atoms with Crippen LogP contribution in [-0.2, 0) is 19.6 Å². The molecule has 0 amide bonds. The highest BCUT2D eigenvalue weighted by Crippen LogP contribution is 2.27. The van der Waals surface area contributed by atoms with Crippen molar-refractivity contribution in [1.82, 2.24) is 4.47 Å². The van der Waals surface area contributed by atoms with Crippen LogP contribution in [0.15, 0.2) is 16.3 Å². The largest absolute Gasteiger partial charge is 0.465 e. The molecule has 0 saturated carbocycles. The SMILES string of the molecule is COC(=O)c1sccc1S(=O)(=O)N1CCCCCO1. The van der Waals surface area contributed by atoms with Crippen molar-refractivity contribution in [2.24, 2.45) is 0 Å². The zero-order chi connectivity index (χ0) is 13.9. The molecule has 106 valence electrons. The van der Waals surface area contributed by atoms with Crippen molar-refractivity contribution >= 4 is 27.3 Å². The van der Waals surface area contributed by atoms with Crippen LogP contribution in [-0.4, -0.2) is 39.1 Å². The highest BCUT2D eigenvalue weighted by atomic mass is 32.2. The topological polar surface area (TPSA) is 72.9 Å². The number of hydrogen-bond acceptors (Lipinski definition) is 6.